The van der Waals surface area contributed by atoms with Gasteiger partial charge >= 0.3 is 6.03 Å². The number of aliphatic hydroxyl groups is 1. The minimum absolute atomic E-state index is 0.219. The fraction of sp³-hybridized carbons (Fsp3) is 0.333. The van der Waals surface area contributed by atoms with E-state index in [-0.39, 0.29) is 12.5 Å². The normalized spacial score (nSPS) is 11.7. The lowest BCUT2D eigenvalue weighted by atomic mass is 10.2. The molecule has 0 bridgehead atoms. The number of primary amides is 1. The number of anilines is 1. The second-order valence-electron chi connectivity index (χ2n) is 3.84. The fourth-order valence-corrected chi connectivity index (χ4v) is 1.30. The lowest BCUT2D eigenvalue weighted by Crippen LogP contribution is -2.31. The Bertz CT molecular complexity index is 417. The summed E-state index contributed by atoms with van der Waals surface area (Å²) in [6.45, 7) is 2.05. The number of urea groups is 1. The highest BCUT2D eigenvalue weighted by Crippen LogP contribution is 2.09. The van der Waals surface area contributed by atoms with E-state index >= 15 is 0 Å². The van der Waals surface area contributed by atoms with Gasteiger partial charge in [-0.2, -0.15) is 0 Å². The van der Waals surface area contributed by atoms with Crippen molar-refractivity contribution in [3.8, 4) is 0 Å². The first-order chi connectivity index (χ1) is 8.52. The van der Waals surface area contributed by atoms with Gasteiger partial charge in [-0.25, -0.2) is 4.79 Å². The molecule has 1 rings (SSSR count). The van der Waals surface area contributed by atoms with Crippen LogP contribution in [0.1, 0.15) is 23.7 Å². The molecular formula is C12H17N3O3. The summed E-state index contributed by atoms with van der Waals surface area (Å²) < 4.78 is 0. The van der Waals surface area contributed by atoms with Crippen molar-refractivity contribution in [1.29, 1.82) is 0 Å². The Balaban J connectivity index is 2.56. The van der Waals surface area contributed by atoms with E-state index in [2.05, 4.69) is 10.6 Å². The highest BCUT2D eigenvalue weighted by atomic mass is 16.3. The van der Waals surface area contributed by atoms with Crippen LogP contribution in [0.5, 0.6) is 0 Å². The second kappa shape index (κ2) is 6.61. The third kappa shape index (κ3) is 4.42. The molecule has 0 aliphatic rings. The molecule has 0 aliphatic carbocycles. The average molecular weight is 251 g/mol. The number of hydrogen-bond donors (Lipinski definition) is 4. The maximum absolute atomic E-state index is 11.7. The Morgan fingerprint density at radius 1 is 1.33 bits per heavy atom. The standard InChI is InChI=1S/C12H17N3O3/c1-2-10(16)7-14-11(17)8-3-5-9(6-4-8)15-12(13)18/h3-6,10,16H,2,7H2,1H3,(H,14,17)(H3,13,15,18). The molecule has 1 aromatic rings. The summed E-state index contributed by atoms with van der Waals surface area (Å²) in [5.41, 5.74) is 5.93. The van der Waals surface area contributed by atoms with Crippen molar-refractivity contribution in [3.63, 3.8) is 0 Å². The molecule has 0 spiro atoms. The second-order valence-corrected chi connectivity index (χ2v) is 3.84. The molecule has 98 valence electrons. The van der Waals surface area contributed by atoms with E-state index in [1.54, 1.807) is 24.3 Å². The van der Waals surface area contributed by atoms with Gasteiger partial charge in [0.25, 0.3) is 5.91 Å². The summed E-state index contributed by atoms with van der Waals surface area (Å²) in [5, 5.41) is 14.3. The van der Waals surface area contributed by atoms with Gasteiger partial charge in [0.1, 0.15) is 0 Å². The Morgan fingerprint density at radius 2 is 1.94 bits per heavy atom. The van der Waals surface area contributed by atoms with E-state index in [1.807, 2.05) is 6.92 Å². The van der Waals surface area contributed by atoms with Gasteiger partial charge in [0.15, 0.2) is 0 Å². The molecule has 6 nitrogen and oxygen atoms in total. The predicted octanol–water partition coefficient (Wildman–Crippen LogP) is 0.678. The summed E-state index contributed by atoms with van der Waals surface area (Å²) in [5.74, 6) is -0.270. The number of carbonyl (C=O) groups is 2. The number of hydrogen-bond acceptors (Lipinski definition) is 3. The van der Waals surface area contributed by atoms with Crippen molar-refractivity contribution in [2.45, 2.75) is 19.4 Å². The first-order valence-corrected chi connectivity index (χ1v) is 5.65. The van der Waals surface area contributed by atoms with E-state index in [0.29, 0.717) is 17.7 Å². The molecule has 0 saturated carbocycles. The van der Waals surface area contributed by atoms with E-state index in [0.717, 1.165) is 0 Å². The van der Waals surface area contributed by atoms with Crippen LogP contribution < -0.4 is 16.4 Å². The fourth-order valence-electron chi connectivity index (χ4n) is 1.30. The molecule has 1 aromatic carbocycles. The van der Waals surface area contributed by atoms with E-state index in [4.69, 9.17) is 5.73 Å². The highest BCUT2D eigenvalue weighted by Gasteiger charge is 2.07. The van der Waals surface area contributed by atoms with Crippen molar-refractivity contribution in [2.24, 2.45) is 5.73 Å². The molecule has 0 aliphatic heterocycles. The lowest BCUT2D eigenvalue weighted by Gasteiger charge is -2.09. The van der Waals surface area contributed by atoms with Gasteiger partial charge in [0.2, 0.25) is 0 Å². The Morgan fingerprint density at radius 3 is 2.44 bits per heavy atom. The molecule has 0 aromatic heterocycles. The summed E-state index contributed by atoms with van der Waals surface area (Å²) in [6, 6.07) is 5.64. The van der Waals surface area contributed by atoms with Crippen LogP contribution in [-0.2, 0) is 0 Å². The first kappa shape index (κ1) is 14.0. The third-order valence-corrected chi connectivity index (χ3v) is 2.38. The molecule has 18 heavy (non-hydrogen) atoms. The minimum atomic E-state index is -0.654. The Hall–Kier alpha value is -2.08. The van der Waals surface area contributed by atoms with Gasteiger partial charge in [-0.05, 0) is 30.7 Å². The number of nitrogens with two attached hydrogens (primary N) is 1. The number of aliphatic hydroxyl groups excluding tert-OH is 1. The van der Waals surface area contributed by atoms with Crippen molar-refractivity contribution in [2.75, 3.05) is 11.9 Å². The maximum Gasteiger partial charge on any atom is 0.316 e. The molecule has 0 radical (unpaired) electrons. The predicted molar refractivity (Wildman–Crippen MR) is 68.3 cm³/mol. The molecule has 1 atom stereocenters. The SMILES string of the molecule is CCC(O)CNC(=O)c1ccc(NC(N)=O)cc1. The first-order valence-electron chi connectivity index (χ1n) is 5.65. The van der Waals surface area contributed by atoms with Crippen molar-refractivity contribution in [1.82, 2.24) is 5.32 Å². The number of carbonyl (C=O) groups excluding carboxylic acids is 2. The van der Waals surface area contributed by atoms with Gasteiger partial charge in [0, 0.05) is 17.8 Å². The van der Waals surface area contributed by atoms with Crippen LogP contribution >= 0.6 is 0 Å². The molecule has 1 unspecified atom stereocenters. The van der Waals surface area contributed by atoms with Crippen LogP contribution in [0.2, 0.25) is 0 Å². The van der Waals surface area contributed by atoms with Crippen LogP contribution in [0.4, 0.5) is 10.5 Å². The van der Waals surface area contributed by atoms with Crippen molar-refractivity contribution < 1.29 is 14.7 Å². The van der Waals surface area contributed by atoms with Gasteiger partial charge in [-0.1, -0.05) is 6.92 Å². The molecule has 0 heterocycles. The van der Waals surface area contributed by atoms with Gasteiger partial charge in [0.05, 0.1) is 6.10 Å². The zero-order valence-electron chi connectivity index (χ0n) is 10.1. The lowest BCUT2D eigenvalue weighted by molar-refractivity contribution is 0.0914. The van der Waals surface area contributed by atoms with Gasteiger partial charge < -0.3 is 21.5 Å². The average Bonchev–Trinajstić information content (AvgIpc) is 2.35. The van der Waals surface area contributed by atoms with Crippen LogP contribution in [0.25, 0.3) is 0 Å². The number of rotatable bonds is 5. The topological polar surface area (TPSA) is 104 Å². The van der Waals surface area contributed by atoms with Crippen LogP contribution in [-0.4, -0.2) is 29.7 Å². The van der Waals surface area contributed by atoms with Gasteiger partial charge in [-0.15, -0.1) is 0 Å². The number of nitrogens with one attached hydrogen (secondary N) is 2. The van der Waals surface area contributed by atoms with Crippen molar-refractivity contribution >= 4 is 17.6 Å². The monoisotopic (exact) mass is 251 g/mol. The van der Waals surface area contributed by atoms with E-state index < -0.39 is 12.1 Å². The summed E-state index contributed by atoms with van der Waals surface area (Å²) >= 11 is 0. The van der Waals surface area contributed by atoms with Crippen LogP contribution in [0.15, 0.2) is 24.3 Å². The maximum atomic E-state index is 11.7. The van der Waals surface area contributed by atoms with E-state index in [1.165, 1.54) is 0 Å². The Labute approximate surface area is 105 Å². The zero-order valence-corrected chi connectivity index (χ0v) is 10.1. The molecule has 0 saturated heterocycles. The van der Waals surface area contributed by atoms with Crippen LogP contribution in [0, 0.1) is 0 Å². The molecule has 3 amide bonds. The summed E-state index contributed by atoms with van der Waals surface area (Å²) in [4.78, 5) is 22.3. The third-order valence-electron chi connectivity index (χ3n) is 2.38. The number of benzene rings is 1. The van der Waals surface area contributed by atoms with E-state index in [9.17, 15) is 14.7 Å². The Kier molecular flexibility index (Phi) is 5.13. The molecule has 6 heteroatoms. The van der Waals surface area contributed by atoms with Gasteiger partial charge in [-0.3, -0.25) is 4.79 Å². The zero-order chi connectivity index (χ0) is 13.5. The smallest absolute Gasteiger partial charge is 0.316 e. The molecular weight excluding hydrogens is 234 g/mol. The van der Waals surface area contributed by atoms with Crippen LogP contribution in [0.3, 0.4) is 0 Å². The quantitative estimate of drug-likeness (QED) is 0.618. The molecule has 0 fully saturated rings. The summed E-state index contributed by atoms with van der Waals surface area (Å²) in [7, 11) is 0. The van der Waals surface area contributed by atoms with Crippen molar-refractivity contribution in [3.05, 3.63) is 29.8 Å². The highest BCUT2D eigenvalue weighted by molar-refractivity contribution is 5.95. The minimum Gasteiger partial charge on any atom is -0.391 e. The summed E-state index contributed by atoms with van der Waals surface area (Å²) in [6.07, 6.45) is 0.0478. The number of amides is 3. The largest absolute Gasteiger partial charge is 0.391 e. The molecule has 5 N–H and O–H groups in total.